The Hall–Kier alpha value is -1.18. The molecule has 0 aromatic rings. The van der Waals surface area contributed by atoms with Crippen molar-refractivity contribution in [2.45, 2.75) is 265 Å². The minimum atomic E-state index is 0.0129. The lowest BCUT2D eigenvalue weighted by Crippen LogP contribution is -2.37. The molecule has 1 aliphatic rings. The maximum absolute atomic E-state index is 12.4. The van der Waals surface area contributed by atoms with E-state index in [9.17, 15) is 9.59 Å². The minimum absolute atomic E-state index is 0.0129. The molecule has 1 rings (SSSR count). The molecular formula is C55H107NO6. The summed E-state index contributed by atoms with van der Waals surface area (Å²) in [6.07, 6.45) is 44.7. The van der Waals surface area contributed by atoms with E-state index in [-0.39, 0.29) is 11.9 Å². The number of morpholine rings is 1. The summed E-state index contributed by atoms with van der Waals surface area (Å²) < 4.78 is 23.1. The third-order valence-electron chi connectivity index (χ3n) is 13.6. The number of ether oxygens (including phenoxy) is 4. The predicted octanol–water partition coefficient (Wildman–Crippen LogP) is 15.8. The van der Waals surface area contributed by atoms with Crippen LogP contribution in [-0.2, 0) is 28.5 Å². The van der Waals surface area contributed by atoms with Crippen molar-refractivity contribution in [2.75, 3.05) is 59.3 Å². The van der Waals surface area contributed by atoms with Crippen molar-refractivity contribution in [3.63, 3.8) is 0 Å². The van der Waals surface area contributed by atoms with Gasteiger partial charge in [-0.3, -0.25) is 14.5 Å². The Bertz CT molecular complexity index is 861. The first kappa shape index (κ1) is 58.8. The number of hydrogen-bond donors (Lipinski definition) is 0. The molecule has 1 fully saturated rings. The van der Waals surface area contributed by atoms with Gasteiger partial charge >= 0.3 is 11.9 Å². The van der Waals surface area contributed by atoms with E-state index in [1.54, 1.807) is 0 Å². The molecule has 0 aromatic carbocycles. The zero-order chi connectivity index (χ0) is 44.8. The molecule has 0 N–H and O–H groups in total. The first-order chi connectivity index (χ1) is 30.5. The van der Waals surface area contributed by atoms with E-state index in [0.717, 1.165) is 103 Å². The molecule has 368 valence electrons. The quantitative estimate of drug-likeness (QED) is 0.0445. The summed E-state index contributed by atoms with van der Waals surface area (Å²) in [7, 11) is 0. The van der Waals surface area contributed by atoms with Gasteiger partial charge in [-0.05, 0) is 62.7 Å². The summed E-state index contributed by atoms with van der Waals surface area (Å²) in [5.41, 5.74) is 0. The molecule has 1 saturated heterocycles. The van der Waals surface area contributed by atoms with Crippen LogP contribution in [0.25, 0.3) is 0 Å². The van der Waals surface area contributed by atoms with Gasteiger partial charge in [-0.2, -0.15) is 0 Å². The lowest BCUT2D eigenvalue weighted by molar-refractivity contribution is -0.145. The van der Waals surface area contributed by atoms with Gasteiger partial charge in [0.15, 0.2) is 0 Å². The van der Waals surface area contributed by atoms with E-state index in [2.05, 4.69) is 32.6 Å². The van der Waals surface area contributed by atoms with Crippen molar-refractivity contribution < 1.29 is 28.5 Å². The average Bonchev–Trinajstić information content (AvgIpc) is 3.27. The second-order valence-corrected chi connectivity index (χ2v) is 19.5. The smallest absolute Gasteiger partial charge is 0.305 e. The molecule has 0 spiro atoms. The molecule has 0 atom stereocenters. The van der Waals surface area contributed by atoms with Gasteiger partial charge in [0.05, 0.1) is 26.4 Å². The van der Waals surface area contributed by atoms with E-state index in [4.69, 9.17) is 18.9 Å². The van der Waals surface area contributed by atoms with Crippen LogP contribution < -0.4 is 0 Å². The van der Waals surface area contributed by atoms with Crippen molar-refractivity contribution in [1.29, 1.82) is 0 Å². The topological polar surface area (TPSA) is 74.3 Å². The molecule has 0 radical (unpaired) electrons. The van der Waals surface area contributed by atoms with E-state index in [0.29, 0.717) is 32.0 Å². The fourth-order valence-corrected chi connectivity index (χ4v) is 9.37. The first-order valence-corrected chi connectivity index (χ1v) is 27.7. The first-order valence-electron chi connectivity index (χ1n) is 27.7. The van der Waals surface area contributed by atoms with Crippen LogP contribution in [0.5, 0.6) is 0 Å². The van der Waals surface area contributed by atoms with Gasteiger partial charge in [-0.15, -0.1) is 0 Å². The fourth-order valence-electron chi connectivity index (χ4n) is 9.37. The number of carbonyl (C=O) groups excluding carboxylic acids is 2. The Morgan fingerprint density at radius 2 is 0.774 bits per heavy atom. The Balaban J connectivity index is 2.20. The third-order valence-corrected chi connectivity index (χ3v) is 13.6. The number of hydrogen-bond acceptors (Lipinski definition) is 7. The SMILES string of the molecule is CCCCCC(CCCCC)CCOC(=O)CCCCCCCCCC(CCCCCCCCCC(=O)OCCC(CCCCC)CCCCC)COCCCN1CCOCC1. The van der Waals surface area contributed by atoms with E-state index >= 15 is 0 Å². The molecule has 1 aliphatic heterocycles. The molecule has 0 amide bonds. The van der Waals surface area contributed by atoms with Gasteiger partial charge in [-0.1, -0.05) is 207 Å². The largest absolute Gasteiger partial charge is 0.466 e. The monoisotopic (exact) mass is 878 g/mol. The maximum atomic E-state index is 12.4. The number of unbranched alkanes of at least 4 members (excludes halogenated alkanes) is 20. The van der Waals surface area contributed by atoms with Crippen molar-refractivity contribution in [3.8, 4) is 0 Å². The van der Waals surface area contributed by atoms with Crippen LogP contribution in [0.4, 0.5) is 0 Å². The van der Waals surface area contributed by atoms with Crippen molar-refractivity contribution in [3.05, 3.63) is 0 Å². The molecule has 0 saturated carbocycles. The van der Waals surface area contributed by atoms with Crippen LogP contribution in [0.1, 0.15) is 265 Å². The predicted molar refractivity (Wildman–Crippen MR) is 264 cm³/mol. The molecule has 0 aliphatic carbocycles. The Morgan fingerprint density at radius 1 is 0.419 bits per heavy atom. The maximum Gasteiger partial charge on any atom is 0.305 e. The van der Waals surface area contributed by atoms with Gasteiger partial charge in [-0.25, -0.2) is 0 Å². The Morgan fingerprint density at radius 3 is 1.18 bits per heavy atom. The van der Waals surface area contributed by atoms with Crippen molar-refractivity contribution in [1.82, 2.24) is 4.90 Å². The highest BCUT2D eigenvalue weighted by atomic mass is 16.5. The number of esters is 2. The fraction of sp³-hybridized carbons (Fsp3) is 0.964. The van der Waals surface area contributed by atoms with Gasteiger partial charge in [0.2, 0.25) is 0 Å². The summed E-state index contributed by atoms with van der Waals surface area (Å²) in [6, 6.07) is 0. The van der Waals surface area contributed by atoms with Crippen molar-refractivity contribution >= 4 is 11.9 Å². The summed E-state index contributed by atoms with van der Waals surface area (Å²) in [6.45, 7) is 17.0. The molecular weight excluding hydrogens is 771 g/mol. The highest BCUT2D eigenvalue weighted by molar-refractivity contribution is 5.69. The summed E-state index contributed by atoms with van der Waals surface area (Å²) in [5, 5.41) is 0. The number of nitrogens with zero attached hydrogens (tertiary/aromatic N) is 1. The van der Waals surface area contributed by atoms with Crippen LogP contribution in [0.2, 0.25) is 0 Å². The number of carbonyl (C=O) groups is 2. The van der Waals surface area contributed by atoms with Crippen LogP contribution in [0.15, 0.2) is 0 Å². The summed E-state index contributed by atoms with van der Waals surface area (Å²) in [4.78, 5) is 27.3. The van der Waals surface area contributed by atoms with Gasteiger partial charge in [0.1, 0.15) is 0 Å². The van der Waals surface area contributed by atoms with Crippen LogP contribution >= 0.6 is 0 Å². The normalized spacial score (nSPS) is 13.5. The molecule has 62 heavy (non-hydrogen) atoms. The van der Waals surface area contributed by atoms with Gasteiger partial charge in [0.25, 0.3) is 0 Å². The van der Waals surface area contributed by atoms with Gasteiger partial charge in [0, 0.05) is 45.7 Å². The lowest BCUT2D eigenvalue weighted by Gasteiger charge is -2.26. The lowest BCUT2D eigenvalue weighted by atomic mass is 9.92. The Kier molecular flexibility index (Phi) is 44.0. The van der Waals surface area contributed by atoms with E-state index in [1.165, 1.54) is 180 Å². The highest BCUT2D eigenvalue weighted by Gasteiger charge is 2.14. The molecule has 0 aromatic heterocycles. The molecule has 1 heterocycles. The third kappa shape index (κ3) is 39.2. The second kappa shape index (κ2) is 46.4. The standard InChI is InChI=1S/C55H107NO6/c1-5-9-23-32-51(33-24-10-6-2)40-46-61-54(57)38-29-21-17-13-15-19-27-36-53(50-60-45-31-42-56-43-48-59-49-44-56)37-28-20-16-14-18-22-30-39-55(58)62-47-41-52(34-25-11-7-3)35-26-12-8-4/h51-53H,5-50H2,1-4H3. The molecule has 0 bridgehead atoms. The van der Waals surface area contributed by atoms with Crippen LogP contribution in [0.3, 0.4) is 0 Å². The average molecular weight is 878 g/mol. The highest BCUT2D eigenvalue weighted by Crippen LogP contribution is 2.24. The summed E-state index contributed by atoms with van der Waals surface area (Å²) >= 11 is 0. The molecule has 7 heteroatoms. The van der Waals surface area contributed by atoms with Crippen LogP contribution in [-0.4, -0.2) is 76.1 Å². The molecule has 0 unspecified atom stereocenters. The minimum Gasteiger partial charge on any atom is -0.466 e. The van der Waals surface area contributed by atoms with E-state index in [1.807, 2.05) is 0 Å². The zero-order valence-electron chi connectivity index (χ0n) is 42.2. The Labute approximate surface area is 386 Å². The second-order valence-electron chi connectivity index (χ2n) is 19.5. The number of rotatable bonds is 48. The van der Waals surface area contributed by atoms with Gasteiger partial charge < -0.3 is 18.9 Å². The zero-order valence-corrected chi connectivity index (χ0v) is 42.2. The van der Waals surface area contributed by atoms with Crippen LogP contribution in [0, 0.1) is 17.8 Å². The molecule has 7 nitrogen and oxygen atoms in total. The van der Waals surface area contributed by atoms with Crippen molar-refractivity contribution in [2.24, 2.45) is 17.8 Å². The summed E-state index contributed by atoms with van der Waals surface area (Å²) in [5.74, 6) is 2.14. The van der Waals surface area contributed by atoms with E-state index < -0.39 is 0 Å².